The van der Waals surface area contributed by atoms with Crippen molar-refractivity contribution in [2.75, 3.05) is 38.1 Å². The van der Waals surface area contributed by atoms with Crippen LogP contribution >= 0.6 is 12.4 Å². The number of piperazine rings is 1. The van der Waals surface area contributed by atoms with Crippen molar-refractivity contribution in [3.63, 3.8) is 0 Å². The van der Waals surface area contributed by atoms with Gasteiger partial charge in [0.25, 0.3) is 5.91 Å². The van der Waals surface area contributed by atoms with Crippen molar-refractivity contribution >= 4 is 29.9 Å². The number of carbonyl (C=O) groups is 2. The number of anilines is 1. The molecule has 0 spiro atoms. The molecule has 29 heavy (non-hydrogen) atoms. The zero-order valence-corrected chi connectivity index (χ0v) is 18.0. The Balaban J connectivity index is 0.00000240. The smallest absolute Gasteiger partial charge is 0.259 e. The summed E-state index contributed by atoms with van der Waals surface area (Å²) in [4.78, 5) is 32.3. The number of hydrogen-bond acceptors (Lipinski definition) is 3. The molecule has 2 aliphatic rings. The van der Waals surface area contributed by atoms with E-state index in [1.165, 1.54) is 0 Å². The molecular weight excluding hydrogens is 386 g/mol. The number of aryl methyl sites for hydroxylation is 2. The second kappa shape index (κ2) is 8.56. The Morgan fingerprint density at radius 1 is 1.00 bits per heavy atom. The quantitative estimate of drug-likeness (QED) is 0.772. The van der Waals surface area contributed by atoms with Crippen molar-refractivity contribution in [1.29, 1.82) is 0 Å². The minimum atomic E-state index is -0.253. The van der Waals surface area contributed by atoms with Gasteiger partial charge in [0.15, 0.2) is 0 Å². The molecule has 2 amide bonds. The van der Waals surface area contributed by atoms with Gasteiger partial charge in [-0.2, -0.15) is 0 Å². The lowest BCUT2D eigenvalue weighted by Gasteiger charge is -2.34. The van der Waals surface area contributed by atoms with Crippen molar-refractivity contribution in [1.82, 2.24) is 9.80 Å². The van der Waals surface area contributed by atoms with Gasteiger partial charge in [0.2, 0.25) is 5.91 Å². The molecule has 4 rings (SSSR count). The molecule has 6 heteroatoms. The predicted octanol–water partition coefficient (Wildman–Crippen LogP) is 3.59. The van der Waals surface area contributed by atoms with E-state index in [0.29, 0.717) is 6.42 Å². The van der Waals surface area contributed by atoms with Crippen molar-refractivity contribution in [3.05, 3.63) is 64.7 Å². The van der Waals surface area contributed by atoms with Gasteiger partial charge >= 0.3 is 0 Å². The summed E-state index contributed by atoms with van der Waals surface area (Å²) in [5.74, 6) is 0.110. The molecule has 1 saturated heterocycles. The summed E-state index contributed by atoms with van der Waals surface area (Å²) >= 11 is 0. The summed E-state index contributed by atoms with van der Waals surface area (Å²) in [6.07, 6.45) is 0.319. The Bertz CT molecular complexity index is 908. The molecule has 1 atom stereocenters. The fourth-order valence-electron chi connectivity index (χ4n) is 4.15. The standard InChI is InChI=1S/C23H27N3O2.ClH/c1-16-13-19-20(14-17(16)2)23(28)26(18-7-5-4-6-8-18)21(19)15-22(27)25-11-9-24(3)10-12-25;/h4-8,13-14,21H,9-12,15H2,1-3H3;1H. The van der Waals surface area contributed by atoms with E-state index >= 15 is 0 Å². The highest BCUT2D eigenvalue weighted by Gasteiger charge is 2.40. The third kappa shape index (κ3) is 4.02. The van der Waals surface area contributed by atoms with E-state index in [1.54, 1.807) is 4.90 Å². The van der Waals surface area contributed by atoms with Crippen LogP contribution in [0.5, 0.6) is 0 Å². The van der Waals surface area contributed by atoms with Crippen molar-refractivity contribution in [2.24, 2.45) is 0 Å². The molecular formula is C23H28ClN3O2. The molecule has 5 nitrogen and oxygen atoms in total. The zero-order valence-electron chi connectivity index (χ0n) is 17.2. The highest BCUT2D eigenvalue weighted by Crippen LogP contribution is 2.40. The maximum absolute atomic E-state index is 13.3. The number of likely N-dealkylation sites (N-methyl/N-ethyl adjacent to an activating group) is 1. The minimum absolute atomic E-state index is 0. The fraction of sp³-hybridized carbons (Fsp3) is 0.391. The summed E-state index contributed by atoms with van der Waals surface area (Å²) in [5.41, 5.74) is 4.79. The second-order valence-corrected chi connectivity index (χ2v) is 7.94. The number of amides is 2. The number of nitrogens with zero attached hydrogens (tertiary/aromatic N) is 3. The van der Waals surface area contributed by atoms with Gasteiger partial charge in [0.1, 0.15) is 0 Å². The first-order valence-corrected chi connectivity index (χ1v) is 9.92. The Labute approximate surface area is 178 Å². The van der Waals surface area contributed by atoms with Crippen molar-refractivity contribution in [2.45, 2.75) is 26.3 Å². The van der Waals surface area contributed by atoms with E-state index in [4.69, 9.17) is 0 Å². The lowest BCUT2D eigenvalue weighted by molar-refractivity contribution is -0.133. The van der Waals surface area contributed by atoms with E-state index in [1.807, 2.05) is 48.2 Å². The van der Waals surface area contributed by atoms with Crippen LogP contribution in [0.25, 0.3) is 0 Å². The molecule has 2 heterocycles. The van der Waals surface area contributed by atoms with Crippen LogP contribution in [0.15, 0.2) is 42.5 Å². The lowest BCUT2D eigenvalue weighted by atomic mass is 9.96. The van der Waals surface area contributed by atoms with E-state index in [2.05, 4.69) is 24.9 Å². The molecule has 2 aromatic rings. The van der Waals surface area contributed by atoms with Gasteiger partial charge in [0, 0.05) is 37.4 Å². The summed E-state index contributed by atoms with van der Waals surface area (Å²) in [5, 5.41) is 0. The predicted molar refractivity (Wildman–Crippen MR) is 118 cm³/mol. The van der Waals surface area contributed by atoms with Crippen molar-refractivity contribution < 1.29 is 9.59 Å². The van der Waals surface area contributed by atoms with E-state index < -0.39 is 0 Å². The third-order valence-electron chi connectivity index (χ3n) is 6.04. The highest BCUT2D eigenvalue weighted by molar-refractivity contribution is 6.11. The monoisotopic (exact) mass is 413 g/mol. The summed E-state index contributed by atoms with van der Waals surface area (Å²) in [7, 11) is 2.08. The van der Waals surface area contributed by atoms with Crippen LogP contribution in [0.2, 0.25) is 0 Å². The fourth-order valence-corrected chi connectivity index (χ4v) is 4.15. The lowest BCUT2D eigenvalue weighted by Crippen LogP contribution is -2.47. The maximum Gasteiger partial charge on any atom is 0.259 e. The van der Waals surface area contributed by atoms with Crippen molar-refractivity contribution in [3.8, 4) is 0 Å². The number of carbonyl (C=O) groups excluding carboxylic acids is 2. The van der Waals surface area contributed by atoms with E-state index in [-0.39, 0.29) is 30.3 Å². The Morgan fingerprint density at radius 3 is 2.28 bits per heavy atom. The summed E-state index contributed by atoms with van der Waals surface area (Å²) < 4.78 is 0. The van der Waals surface area contributed by atoms with Gasteiger partial charge in [-0.15, -0.1) is 12.4 Å². The zero-order chi connectivity index (χ0) is 19.8. The largest absolute Gasteiger partial charge is 0.340 e. The van der Waals surface area contributed by atoms with Gasteiger partial charge in [-0.05, 0) is 55.8 Å². The molecule has 2 aliphatic heterocycles. The Morgan fingerprint density at radius 2 is 1.62 bits per heavy atom. The average Bonchev–Trinajstić information content (AvgIpc) is 2.94. The molecule has 0 N–H and O–H groups in total. The number of para-hydroxylation sites is 1. The van der Waals surface area contributed by atoms with Crippen LogP contribution in [0.1, 0.15) is 39.5 Å². The molecule has 0 aromatic heterocycles. The second-order valence-electron chi connectivity index (χ2n) is 7.94. The molecule has 1 fully saturated rings. The topological polar surface area (TPSA) is 43.9 Å². The number of rotatable bonds is 3. The molecule has 0 radical (unpaired) electrons. The van der Waals surface area contributed by atoms with Crippen LogP contribution in [0.4, 0.5) is 5.69 Å². The van der Waals surface area contributed by atoms with Crippen LogP contribution in [0.3, 0.4) is 0 Å². The normalized spacial score (nSPS) is 19.1. The number of fused-ring (bicyclic) bond motifs is 1. The van der Waals surface area contributed by atoms with Gasteiger partial charge < -0.3 is 14.7 Å². The summed E-state index contributed by atoms with van der Waals surface area (Å²) in [6.45, 7) is 7.38. The first kappa shape index (κ1) is 21.3. The molecule has 0 saturated carbocycles. The third-order valence-corrected chi connectivity index (χ3v) is 6.04. The van der Waals surface area contributed by atoms with Crippen LogP contribution in [-0.2, 0) is 4.79 Å². The minimum Gasteiger partial charge on any atom is -0.340 e. The highest BCUT2D eigenvalue weighted by atomic mass is 35.5. The molecule has 1 unspecified atom stereocenters. The number of hydrogen-bond donors (Lipinski definition) is 0. The average molecular weight is 414 g/mol. The van der Waals surface area contributed by atoms with Crippen LogP contribution in [-0.4, -0.2) is 54.8 Å². The van der Waals surface area contributed by atoms with Gasteiger partial charge in [-0.1, -0.05) is 24.3 Å². The molecule has 0 bridgehead atoms. The van der Waals surface area contributed by atoms with Crippen LogP contribution < -0.4 is 4.90 Å². The van der Waals surface area contributed by atoms with Gasteiger partial charge in [-0.3, -0.25) is 9.59 Å². The Kier molecular flexibility index (Phi) is 6.30. The maximum atomic E-state index is 13.3. The van der Waals surface area contributed by atoms with Crippen LogP contribution in [0, 0.1) is 13.8 Å². The molecule has 154 valence electrons. The Hall–Kier alpha value is -2.37. The van der Waals surface area contributed by atoms with E-state index in [9.17, 15) is 9.59 Å². The van der Waals surface area contributed by atoms with E-state index in [0.717, 1.165) is 54.1 Å². The summed E-state index contributed by atoms with van der Waals surface area (Å²) in [6, 6.07) is 13.5. The molecule has 2 aromatic carbocycles. The first-order chi connectivity index (χ1) is 13.5. The van der Waals surface area contributed by atoms with Gasteiger partial charge in [-0.25, -0.2) is 0 Å². The number of halogens is 1. The number of benzene rings is 2. The SMILES string of the molecule is Cc1cc2c(cc1C)C(CC(=O)N1CCN(C)CC1)N(c1ccccc1)C2=O.Cl. The first-order valence-electron chi connectivity index (χ1n) is 9.92. The van der Waals surface area contributed by atoms with Gasteiger partial charge in [0.05, 0.1) is 12.5 Å². The molecule has 0 aliphatic carbocycles.